The first-order valence-electron chi connectivity index (χ1n) is 7.56. The molecule has 0 saturated heterocycles. The third kappa shape index (κ3) is 3.37. The second kappa shape index (κ2) is 6.36. The maximum absolute atomic E-state index is 12.4. The number of ketones is 1. The predicted octanol–water partition coefficient (Wildman–Crippen LogP) is 3.61. The van der Waals surface area contributed by atoms with Crippen molar-refractivity contribution in [2.45, 2.75) is 52.6 Å². The van der Waals surface area contributed by atoms with E-state index in [0.29, 0.717) is 11.8 Å². The molecule has 2 nitrogen and oxygen atoms in total. The van der Waals surface area contributed by atoms with Crippen LogP contribution >= 0.6 is 0 Å². The summed E-state index contributed by atoms with van der Waals surface area (Å²) < 4.78 is 0. The molecule has 0 spiro atoms. The molecule has 20 heavy (non-hydrogen) atoms. The first-order chi connectivity index (χ1) is 9.49. The van der Waals surface area contributed by atoms with E-state index in [1.54, 1.807) is 0 Å². The highest BCUT2D eigenvalue weighted by atomic mass is 16.1. The molecule has 0 saturated carbocycles. The van der Waals surface area contributed by atoms with Gasteiger partial charge in [0.25, 0.3) is 0 Å². The van der Waals surface area contributed by atoms with Crippen LogP contribution in [-0.4, -0.2) is 17.9 Å². The molecule has 1 aliphatic rings. The summed E-state index contributed by atoms with van der Waals surface area (Å²) in [7, 11) is 0. The van der Waals surface area contributed by atoms with E-state index in [2.05, 4.69) is 49.5 Å². The summed E-state index contributed by atoms with van der Waals surface area (Å²) in [4.78, 5) is 12.4. The van der Waals surface area contributed by atoms with Gasteiger partial charge in [-0.2, -0.15) is 0 Å². The molecule has 1 atom stereocenters. The van der Waals surface area contributed by atoms with Crippen molar-refractivity contribution in [3.05, 3.63) is 41.5 Å². The average molecular weight is 271 g/mol. The van der Waals surface area contributed by atoms with Crippen molar-refractivity contribution in [1.82, 2.24) is 5.32 Å². The summed E-state index contributed by atoms with van der Waals surface area (Å²) in [5.41, 5.74) is 4.01. The van der Waals surface area contributed by atoms with Crippen LogP contribution < -0.4 is 5.32 Å². The molecule has 1 aromatic carbocycles. The molecule has 0 radical (unpaired) electrons. The Labute approximate surface area is 122 Å². The minimum Gasteiger partial charge on any atom is -0.305 e. The number of rotatable bonds is 6. The van der Waals surface area contributed by atoms with Crippen molar-refractivity contribution >= 4 is 11.4 Å². The summed E-state index contributed by atoms with van der Waals surface area (Å²) in [6.45, 7) is 8.15. The van der Waals surface area contributed by atoms with E-state index in [9.17, 15) is 4.79 Å². The van der Waals surface area contributed by atoms with E-state index in [0.717, 1.165) is 12.8 Å². The molecular weight excluding hydrogens is 246 g/mol. The molecule has 1 N–H and O–H groups in total. The maximum atomic E-state index is 12.4. The van der Waals surface area contributed by atoms with E-state index in [4.69, 9.17) is 0 Å². The molecule has 0 fully saturated rings. The molecule has 0 amide bonds. The fraction of sp³-hybridized carbons (Fsp3) is 0.500. The lowest BCUT2D eigenvalue weighted by atomic mass is 9.93. The number of nitrogens with one attached hydrogen (secondary N) is 1. The second-order valence-electron chi connectivity index (χ2n) is 6.23. The Morgan fingerprint density at radius 2 is 1.90 bits per heavy atom. The minimum atomic E-state index is -0.0765. The predicted molar refractivity (Wildman–Crippen MR) is 84.6 cm³/mol. The van der Waals surface area contributed by atoms with E-state index in [1.165, 1.54) is 16.7 Å². The van der Waals surface area contributed by atoms with E-state index in [-0.39, 0.29) is 12.0 Å². The maximum Gasteiger partial charge on any atom is 0.152 e. The van der Waals surface area contributed by atoms with Gasteiger partial charge in [0.05, 0.1) is 6.04 Å². The lowest BCUT2D eigenvalue weighted by molar-refractivity contribution is -0.124. The average Bonchev–Trinajstić information content (AvgIpc) is 2.80. The Balaban J connectivity index is 2.15. The van der Waals surface area contributed by atoms with Gasteiger partial charge in [0.2, 0.25) is 0 Å². The molecule has 108 valence electrons. The smallest absolute Gasteiger partial charge is 0.152 e. The van der Waals surface area contributed by atoms with Crippen LogP contribution in [0.3, 0.4) is 0 Å². The summed E-state index contributed by atoms with van der Waals surface area (Å²) in [6.07, 6.45) is 4.06. The van der Waals surface area contributed by atoms with Gasteiger partial charge in [0.15, 0.2) is 5.78 Å². The fourth-order valence-corrected chi connectivity index (χ4v) is 2.81. The van der Waals surface area contributed by atoms with Crippen LogP contribution in [0.2, 0.25) is 0 Å². The van der Waals surface area contributed by atoms with Crippen LogP contribution in [-0.2, 0) is 11.2 Å². The Bertz CT molecular complexity index is 514. The first-order valence-corrected chi connectivity index (χ1v) is 7.56. The lowest BCUT2D eigenvalue weighted by Gasteiger charge is -2.23. The Kier molecular flexibility index (Phi) is 4.77. The lowest BCUT2D eigenvalue weighted by Crippen LogP contribution is -2.42. The third-order valence-corrected chi connectivity index (χ3v) is 3.80. The van der Waals surface area contributed by atoms with E-state index in [1.807, 2.05) is 13.8 Å². The highest BCUT2D eigenvalue weighted by Gasteiger charge is 2.25. The Morgan fingerprint density at radius 3 is 2.55 bits per heavy atom. The number of fused-ring (bicyclic) bond motifs is 1. The van der Waals surface area contributed by atoms with E-state index >= 15 is 0 Å². The largest absolute Gasteiger partial charge is 0.305 e. The van der Waals surface area contributed by atoms with Gasteiger partial charge >= 0.3 is 0 Å². The molecule has 0 heterocycles. The monoisotopic (exact) mass is 271 g/mol. The number of Topliss-reactive ketones (excluding diaryl/α,β-unsaturated/α-hetero) is 1. The molecule has 0 unspecified atom stereocenters. The van der Waals surface area contributed by atoms with Gasteiger partial charge in [-0.1, -0.05) is 58.0 Å². The highest BCUT2D eigenvalue weighted by Crippen LogP contribution is 2.31. The molecular formula is C18H25NO. The van der Waals surface area contributed by atoms with Gasteiger partial charge in [-0.3, -0.25) is 4.79 Å². The SMILES string of the molecule is CC(C)N[C@@H](CC1=CCc2ccccc21)C(=O)C(C)C. The number of hydrogen-bond donors (Lipinski definition) is 1. The Hall–Kier alpha value is -1.41. The van der Waals surface area contributed by atoms with Crippen molar-refractivity contribution in [3.63, 3.8) is 0 Å². The van der Waals surface area contributed by atoms with Crippen LogP contribution in [0.1, 0.15) is 45.2 Å². The van der Waals surface area contributed by atoms with Crippen molar-refractivity contribution in [2.75, 3.05) is 0 Å². The zero-order chi connectivity index (χ0) is 14.7. The number of carbonyl (C=O) groups excluding carboxylic acids is 1. The quantitative estimate of drug-likeness (QED) is 0.856. The van der Waals surface area contributed by atoms with Crippen LogP contribution in [0.5, 0.6) is 0 Å². The highest BCUT2D eigenvalue weighted by molar-refractivity contribution is 5.88. The van der Waals surface area contributed by atoms with Crippen molar-refractivity contribution in [1.29, 1.82) is 0 Å². The molecule has 1 aliphatic carbocycles. The van der Waals surface area contributed by atoms with Crippen molar-refractivity contribution in [3.8, 4) is 0 Å². The number of hydrogen-bond acceptors (Lipinski definition) is 2. The third-order valence-electron chi connectivity index (χ3n) is 3.80. The standard InChI is InChI=1S/C18H25NO/c1-12(2)18(20)17(19-13(3)4)11-15-10-9-14-7-5-6-8-16(14)15/h5-8,10,12-13,17,19H,9,11H2,1-4H3/t17-/m0/s1. The minimum absolute atomic E-state index is 0.0727. The van der Waals surface area contributed by atoms with Crippen LogP contribution in [0.25, 0.3) is 5.57 Å². The van der Waals surface area contributed by atoms with Crippen LogP contribution in [0.4, 0.5) is 0 Å². The number of carbonyl (C=O) groups is 1. The Morgan fingerprint density at radius 1 is 1.20 bits per heavy atom. The topological polar surface area (TPSA) is 29.1 Å². The van der Waals surface area contributed by atoms with Gasteiger partial charge in [-0.05, 0) is 29.5 Å². The molecule has 0 aliphatic heterocycles. The number of allylic oxidation sites excluding steroid dienone is 1. The van der Waals surface area contributed by atoms with Crippen molar-refractivity contribution < 1.29 is 4.79 Å². The van der Waals surface area contributed by atoms with Crippen molar-refractivity contribution in [2.24, 2.45) is 5.92 Å². The molecule has 0 bridgehead atoms. The summed E-state index contributed by atoms with van der Waals surface area (Å²) in [6, 6.07) is 8.74. The summed E-state index contributed by atoms with van der Waals surface area (Å²) in [5, 5.41) is 3.43. The zero-order valence-electron chi connectivity index (χ0n) is 12.9. The molecule has 2 rings (SSSR count). The van der Waals surface area contributed by atoms with Gasteiger partial charge < -0.3 is 5.32 Å². The molecule has 1 aromatic rings. The molecule has 0 aromatic heterocycles. The summed E-state index contributed by atoms with van der Waals surface area (Å²) in [5.74, 6) is 0.382. The van der Waals surface area contributed by atoms with Crippen LogP contribution in [0.15, 0.2) is 30.3 Å². The molecule has 2 heteroatoms. The van der Waals surface area contributed by atoms with Gasteiger partial charge in [-0.25, -0.2) is 0 Å². The zero-order valence-corrected chi connectivity index (χ0v) is 12.9. The second-order valence-corrected chi connectivity index (χ2v) is 6.23. The fourth-order valence-electron chi connectivity index (χ4n) is 2.81. The van der Waals surface area contributed by atoms with Gasteiger partial charge in [0.1, 0.15) is 0 Å². The normalized spacial score (nSPS) is 15.4. The number of benzene rings is 1. The van der Waals surface area contributed by atoms with E-state index < -0.39 is 0 Å². The van der Waals surface area contributed by atoms with Gasteiger partial charge in [0, 0.05) is 12.0 Å². The van der Waals surface area contributed by atoms with Crippen LogP contribution in [0, 0.1) is 5.92 Å². The summed E-state index contributed by atoms with van der Waals surface area (Å²) >= 11 is 0. The first kappa shape index (κ1) is 15.0. The van der Waals surface area contributed by atoms with Gasteiger partial charge in [-0.15, -0.1) is 0 Å².